The van der Waals surface area contributed by atoms with Crippen molar-refractivity contribution in [3.05, 3.63) is 328 Å². The van der Waals surface area contributed by atoms with Gasteiger partial charge in [0, 0.05) is 69.5 Å². The van der Waals surface area contributed by atoms with E-state index in [9.17, 15) is 94.7 Å². The first kappa shape index (κ1) is 116. The SMILES string of the molecule is CC(C)=O.CC(C)=O.CC(C)=O.CC(C)=O.COc1ccc(-c2cccc3cc(-c4cc5cccc(-c6ccc(OC)cc6)c5cn4)ncc23)cc1.COc1ccc(-c2cccc3cc(-c4cc5cccc(-c6ccc(OC)cc6)c5cn4)ncc23)cc1.COc1ccc(-c2cccc3cc(-c4cc5cccc(-c6ccc(OC)cc6)c5cn4)ncc23)cc1.F[P-](F)(F)(F)(F)F.F[P-](F)(F)(F)(F)F.F[P-](F)(F)(F)(F)F.[Co+3]. The summed E-state index contributed by atoms with van der Waals surface area (Å²) in [5.41, 5.74) is 18.8. The predicted octanol–water partition coefficient (Wildman–Crippen LogP) is 35.9. The van der Waals surface area contributed by atoms with E-state index in [0.29, 0.717) is 0 Å². The van der Waals surface area contributed by atoms with Crippen LogP contribution in [-0.2, 0) is 36.0 Å². The van der Waals surface area contributed by atoms with Gasteiger partial charge in [-0.25, -0.2) is 0 Å². The summed E-state index contributed by atoms with van der Waals surface area (Å²) in [6.45, 7) is 12.2. The van der Waals surface area contributed by atoms with E-state index in [1.165, 1.54) is 55.4 Å². The second-order valence-electron chi connectivity index (χ2n) is 32.5. The van der Waals surface area contributed by atoms with Crippen molar-refractivity contribution >= 4 is 111 Å². The van der Waals surface area contributed by atoms with E-state index in [4.69, 9.17) is 58.3 Å². The molecule has 18 aromatic rings. The van der Waals surface area contributed by atoms with Crippen LogP contribution in [0.4, 0.5) is 75.5 Å². The molecule has 768 valence electrons. The summed E-state index contributed by atoms with van der Waals surface area (Å²) in [6, 6.07) is 99.4. The minimum Gasteiger partial charge on any atom is 3.00 e. The van der Waals surface area contributed by atoms with Gasteiger partial charge in [0.2, 0.25) is 0 Å². The minimum atomic E-state index is -10.7. The molecule has 0 fully saturated rings. The van der Waals surface area contributed by atoms with Crippen LogP contribution in [0.3, 0.4) is 0 Å². The standard InChI is InChI=1S/3C32H24N2O2.4C3H6O.Co.3F6P/c3*1-35-25-13-9-21(10-14-25)27-7-3-5-23-17-31(33-19-29(23)27)32-18-24-6-4-8-28(30(24)20-34-32)22-11-15-26(36-2)16-12-22;4*1-3(2)4;;3*1-7(2,3,4,5)6/h3*3-20H,1-2H3;4*1-2H3;;;;/q;;;;;;;+3;3*-1. The Morgan fingerprint density at radius 2 is 0.295 bits per heavy atom. The summed E-state index contributed by atoms with van der Waals surface area (Å²) in [6.07, 6.45) is 11.7. The number of ether oxygens (including phenoxy) is 6. The quantitative estimate of drug-likeness (QED) is 0.0692. The third-order valence-electron chi connectivity index (χ3n) is 19.8. The number of benzene rings is 12. The van der Waals surface area contributed by atoms with Crippen molar-refractivity contribution in [1.29, 1.82) is 0 Å². The maximum absolute atomic E-state index is 10.7. The summed E-state index contributed by atoms with van der Waals surface area (Å²) < 4.78 is 209. The molecular weight excluding hydrogens is 2040 g/mol. The molecule has 0 amide bonds. The van der Waals surface area contributed by atoms with Crippen molar-refractivity contribution in [2.45, 2.75) is 55.4 Å². The number of halogens is 18. The Morgan fingerprint density at radius 3 is 0.390 bits per heavy atom. The number of pyridine rings is 6. The molecule has 6 heterocycles. The Balaban J connectivity index is 0.000000226. The van der Waals surface area contributed by atoms with Gasteiger partial charge in [0.05, 0.1) is 76.8 Å². The molecule has 18 rings (SSSR count). The van der Waals surface area contributed by atoms with Gasteiger partial charge in [-0.2, -0.15) is 0 Å². The van der Waals surface area contributed by atoms with Crippen LogP contribution in [0.25, 0.3) is 166 Å². The number of rotatable bonds is 15. The Labute approximate surface area is 838 Å². The number of carbonyl (C=O) groups excluding carboxylic acids is 4. The smallest absolute Gasteiger partial charge is 3.00 e. The molecule has 0 atom stereocenters. The van der Waals surface area contributed by atoms with Crippen LogP contribution in [-0.4, -0.2) is 95.7 Å². The molecule has 6 aromatic heterocycles. The van der Waals surface area contributed by atoms with E-state index < -0.39 is 23.4 Å². The van der Waals surface area contributed by atoms with Crippen molar-refractivity contribution in [1.82, 2.24) is 29.9 Å². The summed E-state index contributed by atoms with van der Waals surface area (Å²) in [4.78, 5) is 66.6. The molecule has 38 heteroatoms. The molecule has 0 N–H and O–H groups in total. The number of nitrogens with zero attached hydrogens (tertiary/aromatic N) is 6. The summed E-state index contributed by atoms with van der Waals surface area (Å²) >= 11 is 0. The van der Waals surface area contributed by atoms with Gasteiger partial charge in [-0.3, -0.25) is 29.9 Å². The van der Waals surface area contributed by atoms with Gasteiger partial charge in [-0.15, -0.1) is 0 Å². The van der Waals surface area contributed by atoms with Gasteiger partial charge in [-0.1, -0.05) is 182 Å². The number of hydrogen-bond acceptors (Lipinski definition) is 16. The second kappa shape index (κ2) is 46.4. The first-order valence-corrected chi connectivity index (χ1v) is 49.3. The van der Waals surface area contributed by atoms with E-state index in [0.717, 1.165) is 200 Å². The molecule has 0 aliphatic rings. The molecule has 146 heavy (non-hydrogen) atoms. The van der Waals surface area contributed by atoms with Crippen molar-refractivity contribution in [2.24, 2.45) is 0 Å². The average Bonchev–Trinajstić information content (AvgIpc) is 0.763. The number of ketones is 4. The fourth-order valence-corrected chi connectivity index (χ4v) is 14.0. The maximum atomic E-state index is 9.87. The van der Waals surface area contributed by atoms with E-state index in [1.54, 1.807) is 42.7 Å². The first-order chi connectivity index (χ1) is 67.5. The molecule has 12 aromatic carbocycles. The van der Waals surface area contributed by atoms with Crippen LogP contribution in [0, 0.1) is 0 Å². The van der Waals surface area contributed by atoms with E-state index in [2.05, 4.69) is 218 Å². The Hall–Kier alpha value is -14.9. The summed E-state index contributed by atoms with van der Waals surface area (Å²) in [7, 11) is -21.9. The van der Waals surface area contributed by atoms with Gasteiger partial charge in [0.1, 0.15) is 57.6 Å². The zero-order chi connectivity index (χ0) is 107. The molecule has 0 saturated heterocycles. The number of methoxy groups -OCH3 is 6. The largest absolute Gasteiger partial charge is 3.00 e. The van der Waals surface area contributed by atoms with E-state index in [-0.39, 0.29) is 39.9 Å². The maximum Gasteiger partial charge on any atom is 3.00 e. The first-order valence-electron chi connectivity index (χ1n) is 43.3. The van der Waals surface area contributed by atoms with Gasteiger partial charge < -0.3 is 47.6 Å². The fraction of sp³-hybridized carbons (Fsp3) is 0.130. The van der Waals surface area contributed by atoms with Gasteiger partial charge in [0.15, 0.2) is 0 Å². The van der Waals surface area contributed by atoms with Crippen molar-refractivity contribution in [3.8, 4) is 135 Å². The van der Waals surface area contributed by atoms with Crippen LogP contribution < -0.4 is 28.4 Å². The van der Waals surface area contributed by atoms with E-state index in [1.807, 2.05) is 110 Å². The topological polar surface area (TPSA) is 201 Å². The van der Waals surface area contributed by atoms with Crippen LogP contribution >= 0.6 is 23.4 Å². The molecule has 0 radical (unpaired) electrons. The normalized spacial score (nSPS) is 12.2. The second-order valence-corrected chi connectivity index (χ2v) is 38.2. The third-order valence-corrected chi connectivity index (χ3v) is 19.8. The molecule has 0 saturated carbocycles. The Morgan fingerprint density at radius 1 is 0.192 bits per heavy atom. The van der Waals surface area contributed by atoms with Crippen molar-refractivity contribution in [3.63, 3.8) is 0 Å². The van der Waals surface area contributed by atoms with Crippen LogP contribution in [0.5, 0.6) is 34.5 Å². The number of carbonyl (C=O) groups is 4. The van der Waals surface area contributed by atoms with Gasteiger partial charge in [0.25, 0.3) is 0 Å². The molecule has 0 spiro atoms. The molecule has 0 aliphatic carbocycles. The fourth-order valence-electron chi connectivity index (χ4n) is 14.0. The number of hydrogen-bond donors (Lipinski definition) is 0. The number of aromatic nitrogens is 6. The van der Waals surface area contributed by atoms with Gasteiger partial charge >= 0.3 is 116 Å². The molecule has 0 bridgehead atoms. The number of fused-ring (bicyclic) bond motifs is 6. The zero-order valence-corrected chi connectivity index (χ0v) is 84.1. The molecule has 0 unspecified atom stereocenters. The monoisotopic (exact) mass is 2130 g/mol. The number of Topliss-reactive ketones (excluding diaryl/α,β-unsaturated/α-hetero) is 4. The van der Waals surface area contributed by atoms with Crippen LogP contribution in [0.15, 0.2) is 328 Å². The van der Waals surface area contributed by atoms with Gasteiger partial charge in [-0.05, 0) is 264 Å². The minimum absolute atomic E-state index is 0. The summed E-state index contributed by atoms with van der Waals surface area (Å²) in [5.74, 6) is 5.73. The van der Waals surface area contributed by atoms with Crippen LogP contribution in [0.2, 0.25) is 0 Å². The molecular formula is C108H96CoF18N6O10P3. The Kier molecular flexibility index (Phi) is 37.0. The van der Waals surface area contributed by atoms with Crippen molar-refractivity contribution < 1.29 is 140 Å². The van der Waals surface area contributed by atoms with E-state index >= 15 is 0 Å². The summed E-state index contributed by atoms with van der Waals surface area (Å²) in [5, 5.41) is 13.4. The molecule has 16 nitrogen and oxygen atoms in total. The predicted molar refractivity (Wildman–Crippen MR) is 545 cm³/mol. The molecule has 0 aliphatic heterocycles. The average molecular weight is 2130 g/mol. The van der Waals surface area contributed by atoms with Crippen molar-refractivity contribution in [2.75, 3.05) is 42.7 Å². The Bertz CT molecular complexity index is 6500. The van der Waals surface area contributed by atoms with Crippen LogP contribution in [0.1, 0.15) is 55.4 Å². The zero-order valence-electron chi connectivity index (χ0n) is 80.4. The third kappa shape index (κ3) is 39.7.